The van der Waals surface area contributed by atoms with Gasteiger partial charge in [-0.1, -0.05) is 12.1 Å². The van der Waals surface area contributed by atoms with Crippen LogP contribution in [-0.2, 0) is 11.2 Å². The number of nitrogens with one attached hydrogen (secondary N) is 1. The smallest absolute Gasteiger partial charge is 0.303 e. The van der Waals surface area contributed by atoms with Gasteiger partial charge in [0.2, 0.25) is 0 Å². The first kappa shape index (κ1) is 16.2. The lowest BCUT2D eigenvalue weighted by atomic mass is 10.1. The molecule has 21 heavy (non-hydrogen) atoms. The fraction of sp³-hybridized carbons (Fsp3) is 0.143. The zero-order valence-corrected chi connectivity index (χ0v) is 14.7. The molecule has 1 aromatic carbocycles. The molecule has 0 aliphatic rings. The molecule has 4 nitrogen and oxygen atoms in total. The summed E-state index contributed by atoms with van der Waals surface area (Å²) in [4.78, 5) is 22.8. The Morgan fingerprint density at radius 3 is 2.62 bits per heavy atom. The zero-order valence-electron chi connectivity index (χ0n) is 10.7. The summed E-state index contributed by atoms with van der Waals surface area (Å²) in [6.07, 6.45) is 0.507. The van der Waals surface area contributed by atoms with E-state index in [4.69, 9.17) is 5.11 Å². The third kappa shape index (κ3) is 4.66. The number of halogens is 2. The van der Waals surface area contributed by atoms with Gasteiger partial charge in [-0.3, -0.25) is 9.59 Å². The van der Waals surface area contributed by atoms with E-state index in [9.17, 15) is 9.59 Å². The largest absolute Gasteiger partial charge is 0.481 e. The highest BCUT2D eigenvalue weighted by Crippen LogP contribution is 2.32. The second-order valence-electron chi connectivity index (χ2n) is 4.29. The Balaban J connectivity index is 2.09. The maximum Gasteiger partial charge on any atom is 0.303 e. The molecule has 0 radical (unpaired) electrons. The maximum atomic E-state index is 12.2. The van der Waals surface area contributed by atoms with Crippen LogP contribution in [0.5, 0.6) is 0 Å². The number of hydrogen-bond donors (Lipinski definition) is 2. The number of aliphatic carboxylic acids is 1. The molecule has 0 fully saturated rings. The SMILES string of the molecule is O=C(O)CCc1cccc(NC(=O)c2cc(Br)sc2Br)c1. The Bertz CT molecular complexity index is 685. The van der Waals surface area contributed by atoms with Gasteiger partial charge in [0.15, 0.2) is 0 Å². The summed E-state index contributed by atoms with van der Waals surface area (Å²) in [5.74, 6) is -1.05. The minimum Gasteiger partial charge on any atom is -0.481 e. The molecule has 0 saturated carbocycles. The first-order valence-corrected chi connectivity index (χ1v) is 8.43. The highest BCUT2D eigenvalue weighted by atomic mass is 79.9. The van der Waals surface area contributed by atoms with Gasteiger partial charge in [-0.25, -0.2) is 0 Å². The standard InChI is InChI=1S/C14H11Br2NO3S/c15-11-7-10(13(16)21-11)14(20)17-9-3-1-2-8(6-9)4-5-12(18)19/h1-3,6-7H,4-5H2,(H,17,20)(H,18,19). The van der Waals surface area contributed by atoms with Crippen LogP contribution < -0.4 is 5.32 Å². The monoisotopic (exact) mass is 431 g/mol. The lowest BCUT2D eigenvalue weighted by Gasteiger charge is -2.06. The first-order valence-electron chi connectivity index (χ1n) is 6.02. The van der Waals surface area contributed by atoms with Gasteiger partial charge in [0, 0.05) is 12.1 Å². The molecule has 0 aliphatic heterocycles. The van der Waals surface area contributed by atoms with Gasteiger partial charge in [-0.05, 0) is 62.0 Å². The van der Waals surface area contributed by atoms with Crippen LogP contribution >= 0.6 is 43.2 Å². The Hall–Kier alpha value is -1.18. The summed E-state index contributed by atoms with van der Waals surface area (Å²) < 4.78 is 1.63. The molecule has 1 aromatic heterocycles. The van der Waals surface area contributed by atoms with E-state index in [1.807, 2.05) is 6.07 Å². The maximum absolute atomic E-state index is 12.2. The molecular formula is C14H11Br2NO3S. The molecule has 0 atom stereocenters. The topological polar surface area (TPSA) is 66.4 Å². The van der Waals surface area contributed by atoms with Gasteiger partial charge in [0.25, 0.3) is 5.91 Å². The van der Waals surface area contributed by atoms with Crippen LogP contribution in [0.2, 0.25) is 0 Å². The number of carbonyl (C=O) groups is 2. The first-order chi connectivity index (χ1) is 9.95. The molecule has 2 aromatic rings. The van der Waals surface area contributed by atoms with Crippen LogP contribution in [-0.4, -0.2) is 17.0 Å². The lowest BCUT2D eigenvalue weighted by molar-refractivity contribution is -0.136. The molecule has 0 bridgehead atoms. The van der Waals surface area contributed by atoms with Crippen molar-refractivity contribution in [3.8, 4) is 0 Å². The van der Waals surface area contributed by atoms with Crippen LogP contribution in [0.4, 0.5) is 5.69 Å². The Morgan fingerprint density at radius 1 is 1.24 bits per heavy atom. The van der Waals surface area contributed by atoms with Gasteiger partial charge >= 0.3 is 5.97 Å². The van der Waals surface area contributed by atoms with E-state index in [2.05, 4.69) is 37.2 Å². The summed E-state index contributed by atoms with van der Waals surface area (Å²) >= 11 is 8.11. The van der Waals surface area contributed by atoms with Crippen molar-refractivity contribution in [2.75, 3.05) is 5.32 Å². The molecule has 1 amide bonds. The van der Waals surface area contributed by atoms with E-state index in [0.717, 1.165) is 13.1 Å². The predicted molar refractivity (Wildman–Crippen MR) is 90.1 cm³/mol. The highest BCUT2D eigenvalue weighted by Gasteiger charge is 2.14. The van der Waals surface area contributed by atoms with Crippen molar-refractivity contribution in [1.29, 1.82) is 0 Å². The van der Waals surface area contributed by atoms with Crippen LogP contribution in [0, 0.1) is 0 Å². The number of anilines is 1. The van der Waals surface area contributed by atoms with Crippen LogP contribution in [0.1, 0.15) is 22.3 Å². The minimum absolute atomic E-state index is 0.0699. The number of rotatable bonds is 5. The number of amides is 1. The van der Waals surface area contributed by atoms with Crippen molar-refractivity contribution in [3.05, 3.63) is 49.0 Å². The fourth-order valence-corrected chi connectivity index (χ4v) is 4.54. The number of carboxylic acids is 1. The summed E-state index contributed by atoms with van der Waals surface area (Å²) in [5, 5.41) is 11.5. The molecule has 0 aliphatic carbocycles. The van der Waals surface area contributed by atoms with Gasteiger partial charge in [-0.15, -0.1) is 11.3 Å². The number of thiophene rings is 1. The summed E-state index contributed by atoms with van der Waals surface area (Å²) in [7, 11) is 0. The van der Waals surface area contributed by atoms with Gasteiger partial charge in [-0.2, -0.15) is 0 Å². The van der Waals surface area contributed by atoms with E-state index in [0.29, 0.717) is 17.7 Å². The van der Waals surface area contributed by atoms with Crippen LogP contribution in [0.25, 0.3) is 0 Å². The third-order valence-electron chi connectivity index (χ3n) is 2.71. The van der Waals surface area contributed by atoms with Crippen molar-refractivity contribution in [3.63, 3.8) is 0 Å². The zero-order chi connectivity index (χ0) is 15.4. The summed E-state index contributed by atoms with van der Waals surface area (Å²) in [6.45, 7) is 0. The Labute approximate surface area is 142 Å². The molecule has 1 heterocycles. The van der Waals surface area contributed by atoms with E-state index in [1.165, 1.54) is 11.3 Å². The van der Waals surface area contributed by atoms with Crippen LogP contribution in [0.3, 0.4) is 0 Å². The van der Waals surface area contributed by atoms with Crippen molar-refractivity contribution in [2.45, 2.75) is 12.8 Å². The van der Waals surface area contributed by atoms with Crippen molar-refractivity contribution < 1.29 is 14.7 Å². The molecule has 7 heteroatoms. The molecule has 0 saturated heterocycles. The second-order valence-corrected chi connectivity index (χ2v) is 8.04. The average molecular weight is 433 g/mol. The van der Waals surface area contributed by atoms with E-state index < -0.39 is 5.97 Å². The summed E-state index contributed by atoms with van der Waals surface area (Å²) in [6, 6.07) is 8.95. The van der Waals surface area contributed by atoms with Crippen molar-refractivity contribution in [1.82, 2.24) is 0 Å². The number of hydrogen-bond acceptors (Lipinski definition) is 3. The highest BCUT2D eigenvalue weighted by molar-refractivity contribution is 9.12. The van der Waals surface area contributed by atoms with Crippen molar-refractivity contribution in [2.24, 2.45) is 0 Å². The minimum atomic E-state index is -0.837. The molecular weight excluding hydrogens is 422 g/mol. The number of carboxylic acid groups (broad SMARTS) is 1. The molecule has 2 N–H and O–H groups in total. The quantitative estimate of drug-likeness (QED) is 0.728. The van der Waals surface area contributed by atoms with E-state index in [-0.39, 0.29) is 12.3 Å². The lowest BCUT2D eigenvalue weighted by Crippen LogP contribution is -2.11. The number of carbonyl (C=O) groups excluding carboxylic acids is 1. The van der Waals surface area contributed by atoms with Crippen LogP contribution in [0.15, 0.2) is 37.9 Å². The number of aryl methyl sites for hydroxylation is 1. The second kappa shape index (κ2) is 7.20. The Morgan fingerprint density at radius 2 is 2.00 bits per heavy atom. The van der Waals surface area contributed by atoms with E-state index in [1.54, 1.807) is 24.3 Å². The van der Waals surface area contributed by atoms with E-state index >= 15 is 0 Å². The third-order valence-corrected chi connectivity index (χ3v) is 5.05. The van der Waals surface area contributed by atoms with Gasteiger partial charge < -0.3 is 10.4 Å². The fourth-order valence-electron chi connectivity index (χ4n) is 1.75. The summed E-state index contributed by atoms with van der Waals surface area (Å²) in [5.41, 5.74) is 2.08. The molecule has 2 rings (SSSR count). The van der Waals surface area contributed by atoms with Gasteiger partial charge in [0.05, 0.1) is 13.1 Å². The number of benzene rings is 1. The normalized spacial score (nSPS) is 10.4. The van der Waals surface area contributed by atoms with Crippen molar-refractivity contribution >= 4 is 60.8 Å². The van der Waals surface area contributed by atoms with Gasteiger partial charge in [0.1, 0.15) is 0 Å². The molecule has 110 valence electrons. The Kier molecular flexibility index (Phi) is 5.55. The molecule has 0 spiro atoms. The molecule has 0 unspecified atom stereocenters. The predicted octanol–water partition coefficient (Wildman–Crippen LogP) is 4.54. The average Bonchev–Trinajstić information content (AvgIpc) is 2.76.